The number of carbonyl (C=O) groups is 2. The smallest absolute Gasteiger partial charge is 0.307 e. The predicted molar refractivity (Wildman–Crippen MR) is 70.5 cm³/mol. The molecule has 1 heterocycles. The van der Waals surface area contributed by atoms with Gasteiger partial charge in [0.25, 0.3) is 0 Å². The quantitative estimate of drug-likeness (QED) is 0.871. The van der Waals surface area contributed by atoms with Crippen LogP contribution in [0.4, 0.5) is 5.69 Å². The Morgan fingerprint density at radius 3 is 2.74 bits per heavy atom. The summed E-state index contributed by atoms with van der Waals surface area (Å²) >= 11 is 0. The van der Waals surface area contributed by atoms with Crippen LogP contribution >= 0.6 is 0 Å². The highest BCUT2D eigenvalue weighted by molar-refractivity contribution is 5.95. The zero-order valence-electron chi connectivity index (χ0n) is 10.9. The van der Waals surface area contributed by atoms with E-state index in [2.05, 4.69) is 10.3 Å². The van der Waals surface area contributed by atoms with E-state index in [9.17, 15) is 14.7 Å². The number of anilines is 1. The van der Waals surface area contributed by atoms with E-state index < -0.39 is 17.8 Å². The van der Waals surface area contributed by atoms with Crippen LogP contribution in [0.1, 0.15) is 26.2 Å². The summed E-state index contributed by atoms with van der Waals surface area (Å²) in [6, 6.07) is 3.47. The fourth-order valence-electron chi connectivity index (χ4n) is 2.71. The lowest BCUT2D eigenvalue weighted by atomic mass is 9.95. The molecule has 0 saturated heterocycles. The average Bonchev–Trinajstić information content (AvgIpc) is 2.84. The van der Waals surface area contributed by atoms with Gasteiger partial charge in [0.2, 0.25) is 5.91 Å². The van der Waals surface area contributed by atoms with Crippen LogP contribution in [0.3, 0.4) is 0 Å². The molecule has 5 nitrogen and oxygen atoms in total. The van der Waals surface area contributed by atoms with Crippen LogP contribution in [0.2, 0.25) is 0 Å². The first-order valence-corrected chi connectivity index (χ1v) is 6.55. The summed E-state index contributed by atoms with van der Waals surface area (Å²) in [6.07, 6.45) is 5.34. The van der Waals surface area contributed by atoms with Gasteiger partial charge in [-0.25, -0.2) is 0 Å². The highest BCUT2D eigenvalue weighted by atomic mass is 16.4. The Labute approximate surface area is 112 Å². The van der Waals surface area contributed by atoms with Gasteiger partial charge in [-0.3, -0.25) is 14.6 Å². The van der Waals surface area contributed by atoms with Crippen molar-refractivity contribution < 1.29 is 14.7 Å². The Bertz CT molecular complexity index is 461. The zero-order valence-corrected chi connectivity index (χ0v) is 10.9. The normalized spacial score (nSPS) is 26.1. The van der Waals surface area contributed by atoms with Crippen LogP contribution in [0, 0.1) is 17.8 Å². The SMILES string of the molecule is CCC1CC(C(=O)O)C(C(=O)Nc2cccnc2)C1. The van der Waals surface area contributed by atoms with Gasteiger partial charge in [0.1, 0.15) is 0 Å². The summed E-state index contributed by atoms with van der Waals surface area (Å²) in [4.78, 5) is 27.3. The summed E-state index contributed by atoms with van der Waals surface area (Å²) < 4.78 is 0. The molecule has 3 unspecified atom stereocenters. The molecule has 19 heavy (non-hydrogen) atoms. The maximum absolute atomic E-state index is 12.2. The molecule has 1 fully saturated rings. The molecule has 2 N–H and O–H groups in total. The minimum absolute atomic E-state index is 0.212. The highest BCUT2D eigenvalue weighted by Crippen LogP contribution is 2.38. The largest absolute Gasteiger partial charge is 0.481 e. The van der Waals surface area contributed by atoms with Crippen LogP contribution in [-0.4, -0.2) is 22.0 Å². The lowest BCUT2D eigenvalue weighted by Crippen LogP contribution is -2.30. The van der Waals surface area contributed by atoms with Gasteiger partial charge < -0.3 is 10.4 Å². The monoisotopic (exact) mass is 262 g/mol. The Morgan fingerprint density at radius 1 is 1.42 bits per heavy atom. The molecule has 1 amide bonds. The molecule has 3 atom stereocenters. The summed E-state index contributed by atoms with van der Waals surface area (Å²) in [5.41, 5.74) is 0.608. The molecule has 0 aliphatic heterocycles. The number of nitrogens with zero attached hydrogens (tertiary/aromatic N) is 1. The molecular formula is C14H18N2O3. The third kappa shape index (κ3) is 3.10. The molecular weight excluding hydrogens is 244 g/mol. The van der Waals surface area contributed by atoms with Gasteiger partial charge in [0.15, 0.2) is 0 Å². The van der Waals surface area contributed by atoms with E-state index in [4.69, 9.17) is 0 Å². The minimum atomic E-state index is -0.873. The van der Waals surface area contributed by atoms with Crippen LogP contribution in [0.25, 0.3) is 0 Å². The first kappa shape index (κ1) is 13.5. The molecule has 0 aromatic carbocycles. The van der Waals surface area contributed by atoms with Crippen molar-refractivity contribution in [3.63, 3.8) is 0 Å². The number of rotatable bonds is 4. The van der Waals surface area contributed by atoms with Crippen LogP contribution in [-0.2, 0) is 9.59 Å². The molecule has 1 aliphatic carbocycles. The zero-order chi connectivity index (χ0) is 13.8. The molecule has 0 radical (unpaired) electrons. The number of amides is 1. The van der Waals surface area contributed by atoms with E-state index in [1.54, 1.807) is 24.5 Å². The van der Waals surface area contributed by atoms with Gasteiger partial charge in [-0.05, 0) is 30.9 Å². The molecule has 102 valence electrons. The second-order valence-electron chi connectivity index (χ2n) is 5.03. The first-order valence-electron chi connectivity index (χ1n) is 6.55. The van der Waals surface area contributed by atoms with Gasteiger partial charge in [-0.1, -0.05) is 13.3 Å². The number of hydrogen-bond donors (Lipinski definition) is 2. The lowest BCUT2D eigenvalue weighted by molar-refractivity contribution is -0.145. The van der Waals surface area contributed by atoms with Crippen LogP contribution in [0.5, 0.6) is 0 Å². The third-order valence-electron chi connectivity index (χ3n) is 3.82. The van der Waals surface area contributed by atoms with Crippen LogP contribution in [0.15, 0.2) is 24.5 Å². The van der Waals surface area contributed by atoms with Gasteiger partial charge in [-0.2, -0.15) is 0 Å². The Morgan fingerprint density at radius 2 is 2.16 bits per heavy atom. The fourth-order valence-corrected chi connectivity index (χ4v) is 2.71. The van der Waals surface area contributed by atoms with Crippen molar-refractivity contribution in [1.29, 1.82) is 0 Å². The second kappa shape index (κ2) is 5.82. The van der Waals surface area contributed by atoms with Gasteiger partial charge in [-0.15, -0.1) is 0 Å². The number of aliphatic carboxylic acids is 1. The number of carboxylic acid groups (broad SMARTS) is 1. The first-order chi connectivity index (χ1) is 9.11. The molecule has 1 aliphatic rings. The lowest BCUT2D eigenvalue weighted by Gasteiger charge is -2.15. The summed E-state index contributed by atoms with van der Waals surface area (Å²) in [7, 11) is 0. The number of hydrogen-bond acceptors (Lipinski definition) is 3. The van der Waals surface area contributed by atoms with E-state index in [0.29, 0.717) is 24.4 Å². The van der Waals surface area contributed by atoms with Gasteiger partial charge in [0.05, 0.1) is 23.7 Å². The van der Waals surface area contributed by atoms with E-state index in [1.165, 1.54) is 0 Å². The topological polar surface area (TPSA) is 79.3 Å². The summed E-state index contributed by atoms with van der Waals surface area (Å²) in [5.74, 6) is -1.77. The average molecular weight is 262 g/mol. The second-order valence-corrected chi connectivity index (χ2v) is 5.03. The van der Waals surface area contributed by atoms with Crippen molar-refractivity contribution in [3.8, 4) is 0 Å². The maximum atomic E-state index is 12.2. The minimum Gasteiger partial charge on any atom is -0.481 e. The number of pyridine rings is 1. The summed E-state index contributed by atoms with van der Waals surface area (Å²) in [5, 5.41) is 12.0. The Balaban J connectivity index is 2.07. The molecule has 0 bridgehead atoms. The predicted octanol–water partition coefficient (Wildman–Crippen LogP) is 2.16. The molecule has 1 aromatic rings. The third-order valence-corrected chi connectivity index (χ3v) is 3.82. The van der Waals surface area contributed by atoms with E-state index >= 15 is 0 Å². The highest BCUT2D eigenvalue weighted by Gasteiger charge is 2.42. The Kier molecular flexibility index (Phi) is 4.14. The fraction of sp³-hybridized carbons (Fsp3) is 0.500. The standard InChI is InChI=1S/C14H18N2O3/c1-2-9-6-11(12(7-9)14(18)19)13(17)16-10-4-3-5-15-8-10/h3-5,8-9,11-12H,2,6-7H2,1H3,(H,16,17)(H,18,19). The van der Waals surface area contributed by atoms with Crippen molar-refractivity contribution in [1.82, 2.24) is 4.98 Å². The van der Waals surface area contributed by atoms with Crippen molar-refractivity contribution in [2.75, 3.05) is 5.32 Å². The van der Waals surface area contributed by atoms with Crippen molar-refractivity contribution >= 4 is 17.6 Å². The Hall–Kier alpha value is -1.91. The van der Waals surface area contributed by atoms with E-state index in [0.717, 1.165) is 6.42 Å². The maximum Gasteiger partial charge on any atom is 0.307 e. The number of aromatic nitrogens is 1. The number of carboxylic acids is 1. The van der Waals surface area contributed by atoms with Gasteiger partial charge >= 0.3 is 5.97 Å². The van der Waals surface area contributed by atoms with E-state index in [-0.39, 0.29) is 5.91 Å². The van der Waals surface area contributed by atoms with Crippen molar-refractivity contribution in [2.45, 2.75) is 26.2 Å². The van der Waals surface area contributed by atoms with E-state index in [1.807, 2.05) is 6.92 Å². The van der Waals surface area contributed by atoms with Gasteiger partial charge in [0, 0.05) is 6.20 Å². The van der Waals surface area contributed by atoms with Crippen LogP contribution < -0.4 is 5.32 Å². The molecule has 5 heteroatoms. The molecule has 1 saturated carbocycles. The number of nitrogens with one attached hydrogen (secondary N) is 1. The molecule has 1 aromatic heterocycles. The van der Waals surface area contributed by atoms with Crippen molar-refractivity contribution in [3.05, 3.63) is 24.5 Å². The molecule has 2 rings (SSSR count). The van der Waals surface area contributed by atoms with Crippen molar-refractivity contribution in [2.24, 2.45) is 17.8 Å². The number of carbonyl (C=O) groups excluding carboxylic acids is 1. The molecule has 0 spiro atoms. The summed E-state index contributed by atoms with van der Waals surface area (Å²) in [6.45, 7) is 2.03.